The maximum absolute atomic E-state index is 10.2. The third-order valence-electron chi connectivity index (χ3n) is 1.22. The predicted molar refractivity (Wildman–Crippen MR) is 39.1 cm³/mol. The number of rotatable bonds is 2. The Balaban J connectivity index is 3.10. The fourth-order valence-corrected chi connectivity index (χ4v) is 0.687. The Labute approximate surface area is 67.6 Å². The first-order valence-corrected chi connectivity index (χ1v) is 3.02. The molecule has 64 valence electrons. The van der Waals surface area contributed by atoms with Crippen molar-refractivity contribution in [2.75, 3.05) is 7.11 Å². The van der Waals surface area contributed by atoms with Crippen molar-refractivity contribution in [3.05, 3.63) is 22.4 Å². The molecule has 0 saturated carbocycles. The van der Waals surface area contributed by atoms with E-state index in [-0.39, 0.29) is 17.3 Å². The van der Waals surface area contributed by atoms with Gasteiger partial charge in [0.2, 0.25) is 0 Å². The van der Waals surface area contributed by atoms with Crippen LogP contribution in [0.1, 0.15) is 0 Å². The van der Waals surface area contributed by atoms with Gasteiger partial charge in [-0.05, 0) is 0 Å². The molecule has 1 aromatic rings. The summed E-state index contributed by atoms with van der Waals surface area (Å²) >= 11 is 0. The molecule has 0 bridgehead atoms. The Morgan fingerprint density at radius 3 is 2.83 bits per heavy atom. The van der Waals surface area contributed by atoms with Crippen molar-refractivity contribution in [2.45, 2.75) is 0 Å². The van der Waals surface area contributed by atoms with Crippen molar-refractivity contribution in [1.82, 2.24) is 4.98 Å². The molecule has 1 N–H and O–H groups in total. The van der Waals surface area contributed by atoms with Crippen LogP contribution in [0.5, 0.6) is 11.6 Å². The average molecular weight is 170 g/mol. The predicted octanol–water partition coefficient (Wildman–Crippen LogP) is 0.704. The van der Waals surface area contributed by atoms with E-state index in [9.17, 15) is 10.1 Å². The van der Waals surface area contributed by atoms with E-state index in [1.165, 1.54) is 7.11 Å². The molecule has 0 fully saturated rings. The minimum atomic E-state index is -0.647. The third-order valence-corrected chi connectivity index (χ3v) is 1.22. The molecule has 0 aliphatic rings. The lowest BCUT2D eigenvalue weighted by molar-refractivity contribution is -0.385. The molecule has 6 nitrogen and oxygen atoms in total. The number of ether oxygens (including phenoxy) is 1. The summed E-state index contributed by atoms with van der Waals surface area (Å²) < 4.78 is 4.60. The van der Waals surface area contributed by atoms with E-state index in [4.69, 9.17) is 5.11 Å². The Hall–Kier alpha value is -1.85. The lowest BCUT2D eigenvalue weighted by Gasteiger charge is -1.99. The van der Waals surface area contributed by atoms with Crippen molar-refractivity contribution < 1.29 is 14.8 Å². The molecule has 6 heteroatoms. The highest BCUT2D eigenvalue weighted by Crippen LogP contribution is 2.26. The molecular formula is C6H6N2O4. The minimum Gasteiger partial charge on any atom is -0.503 e. The van der Waals surface area contributed by atoms with Gasteiger partial charge in [0, 0.05) is 0 Å². The Bertz CT molecular complexity index is 312. The number of pyridine rings is 1. The van der Waals surface area contributed by atoms with Gasteiger partial charge < -0.3 is 9.84 Å². The van der Waals surface area contributed by atoms with E-state index in [1.54, 1.807) is 0 Å². The lowest BCUT2D eigenvalue weighted by atomic mass is 10.4. The average Bonchev–Trinajstić information content (AvgIpc) is 2.04. The topological polar surface area (TPSA) is 85.5 Å². The molecular weight excluding hydrogens is 164 g/mol. The summed E-state index contributed by atoms with van der Waals surface area (Å²) in [6.07, 6.45) is 1.01. The number of nitrogens with zero attached hydrogens (tertiary/aromatic N) is 2. The zero-order valence-corrected chi connectivity index (χ0v) is 6.22. The SMILES string of the molecule is COc1ncc([N+](=O)[O-])cc1O. The fraction of sp³-hybridized carbons (Fsp3) is 0.167. The Kier molecular flexibility index (Phi) is 2.09. The van der Waals surface area contributed by atoms with Crippen molar-refractivity contribution >= 4 is 5.69 Å². The Morgan fingerprint density at radius 2 is 2.42 bits per heavy atom. The number of aromatic nitrogens is 1. The molecule has 0 spiro atoms. The largest absolute Gasteiger partial charge is 0.503 e. The van der Waals surface area contributed by atoms with E-state index < -0.39 is 4.92 Å². The van der Waals surface area contributed by atoms with Crippen LogP contribution in [0.15, 0.2) is 12.3 Å². The van der Waals surface area contributed by atoms with Crippen LogP contribution < -0.4 is 4.74 Å². The van der Waals surface area contributed by atoms with Crippen molar-refractivity contribution in [2.24, 2.45) is 0 Å². The number of nitro groups is 1. The normalized spacial score (nSPS) is 9.42. The monoisotopic (exact) mass is 170 g/mol. The first kappa shape index (κ1) is 8.25. The van der Waals surface area contributed by atoms with Crippen molar-refractivity contribution in [3.8, 4) is 11.6 Å². The maximum Gasteiger partial charge on any atom is 0.291 e. The van der Waals surface area contributed by atoms with Crippen LogP contribution in [0.25, 0.3) is 0 Å². The van der Waals surface area contributed by atoms with Crippen molar-refractivity contribution in [1.29, 1.82) is 0 Å². The highest BCUT2D eigenvalue weighted by molar-refractivity contribution is 5.41. The smallest absolute Gasteiger partial charge is 0.291 e. The first-order chi connectivity index (χ1) is 5.65. The molecule has 0 aliphatic heterocycles. The second-order valence-electron chi connectivity index (χ2n) is 1.98. The zero-order chi connectivity index (χ0) is 9.14. The van der Waals surface area contributed by atoms with Gasteiger partial charge >= 0.3 is 0 Å². The third kappa shape index (κ3) is 1.42. The van der Waals surface area contributed by atoms with Crippen LogP contribution in [0, 0.1) is 10.1 Å². The standard InChI is InChI=1S/C6H6N2O4/c1-12-6-5(9)2-4(3-7-6)8(10)11/h2-3,9H,1H3. The van der Waals surface area contributed by atoms with Gasteiger partial charge in [-0.2, -0.15) is 0 Å². The molecule has 0 aromatic carbocycles. The number of hydrogen-bond acceptors (Lipinski definition) is 5. The first-order valence-electron chi connectivity index (χ1n) is 3.02. The van der Waals surface area contributed by atoms with Crippen LogP contribution in [-0.4, -0.2) is 22.1 Å². The van der Waals surface area contributed by atoms with Gasteiger partial charge in [0.15, 0.2) is 5.75 Å². The number of aromatic hydroxyl groups is 1. The van der Waals surface area contributed by atoms with E-state index in [0.717, 1.165) is 12.3 Å². The van der Waals surface area contributed by atoms with Crippen LogP contribution >= 0.6 is 0 Å². The molecule has 0 amide bonds. The van der Waals surface area contributed by atoms with Crippen molar-refractivity contribution in [3.63, 3.8) is 0 Å². The van der Waals surface area contributed by atoms with Gasteiger partial charge in [0.1, 0.15) is 6.20 Å². The minimum absolute atomic E-state index is 0.0272. The second-order valence-corrected chi connectivity index (χ2v) is 1.98. The fourth-order valence-electron chi connectivity index (χ4n) is 0.687. The Morgan fingerprint density at radius 1 is 1.75 bits per heavy atom. The summed E-state index contributed by atoms with van der Waals surface area (Å²) in [5.74, 6) is -0.368. The quantitative estimate of drug-likeness (QED) is 0.521. The van der Waals surface area contributed by atoms with Gasteiger partial charge in [-0.3, -0.25) is 10.1 Å². The summed E-state index contributed by atoms with van der Waals surface area (Å²) in [6.45, 7) is 0. The highest BCUT2D eigenvalue weighted by Gasteiger charge is 2.10. The van der Waals surface area contributed by atoms with Crippen LogP contribution in [-0.2, 0) is 0 Å². The molecule has 12 heavy (non-hydrogen) atoms. The van der Waals surface area contributed by atoms with Gasteiger partial charge in [-0.15, -0.1) is 0 Å². The molecule has 0 saturated heterocycles. The van der Waals surface area contributed by atoms with E-state index in [2.05, 4.69) is 9.72 Å². The van der Waals surface area contributed by atoms with Gasteiger partial charge in [0.25, 0.3) is 11.6 Å². The zero-order valence-electron chi connectivity index (χ0n) is 6.22. The molecule has 1 heterocycles. The molecule has 0 radical (unpaired) electrons. The molecule has 1 rings (SSSR count). The van der Waals surface area contributed by atoms with Crippen LogP contribution in [0.2, 0.25) is 0 Å². The summed E-state index contributed by atoms with van der Waals surface area (Å²) in [7, 11) is 1.31. The number of hydrogen-bond donors (Lipinski definition) is 1. The molecule has 0 aliphatic carbocycles. The van der Waals surface area contributed by atoms with Crippen LogP contribution in [0.4, 0.5) is 5.69 Å². The number of methoxy groups -OCH3 is 1. The summed E-state index contributed by atoms with van der Waals surface area (Å²) in [6, 6.07) is 0.978. The summed E-state index contributed by atoms with van der Waals surface area (Å²) in [5, 5.41) is 19.2. The maximum atomic E-state index is 10.2. The second kappa shape index (κ2) is 3.04. The highest BCUT2D eigenvalue weighted by atomic mass is 16.6. The molecule has 0 unspecified atom stereocenters. The molecule has 0 atom stereocenters. The summed E-state index contributed by atoms with van der Waals surface area (Å²) in [5.41, 5.74) is -0.270. The van der Waals surface area contributed by atoms with Gasteiger partial charge in [0.05, 0.1) is 18.1 Å². The summed E-state index contributed by atoms with van der Waals surface area (Å²) in [4.78, 5) is 13.0. The van der Waals surface area contributed by atoms with Gasteiger partial charge in [-0.25, -0.2) is 4.98 Å². The van der Waals surface area contributed by atoms with E-state index in [0.29, 0.717) is 0 Å². The van der Waals surface area contributed by atoms with Crippen LogP contribution in [0.3, 0.4) is 0 Å². The van der Waals surface area contributed by atoms with E-state index >= 15 is 0 Å². The lowest BCUT2D eigenvalue weighted by Crippen LogP contribution is -1.92. The van der Waals surface area contributed by atoms with E-state index in [1.807, 2.05) is 0 Å². The molecule has 1 aromatic heterocycles. The van der Waals surface area contributed by atoms with Gasteiger partial charge in [-0.1, -0.05) is 0 Å².